The van der Waals surface area contributed by atoms with Crippen molar-refractivity contribution in [3.63, 3.8) is 0 Å². The van der Waals surface area contributed by atoms with Crippen molar-refractivity contribution >= 4 is 46.8 Å². The summed E-state index contributed by atoms with van der Waals surface area (Å²) < 4.78 is 0. The molecule has 1 aromatic rings. The van der Waals surface area contributed by atoms with Gasteiger partial charge in [0.15, 0.2) is 0 Å². The second-order valence-electron chi connectivity index (χ2n) is 8.60. The Labute approximate surface area is 209 Å². The summed E-state index contributed by atoms with van der Waals surface area (Å²) in [5.41, 5.74) is 6.75. The van der Waals surface area contributed by atoms with Gasteiger partial charge in [-0.05, 0) is 31.2 Å². The average Bonchev–Trinajstić information content (AvgIpc) is 2.80. The number of carbonyl (C=O) groups excluding carboxylic acids is 6. The molecule has 0 spiro atoms. The smallest absolute Gasteiger partial charge is 0.252 e. The fourth-order valence-corrected chi connectivity index (χ4v) is 3.51. The first-order valence-electron chi connectivity index (χ1n) is 11.2. The van der Waals surface area contributed by atoms with Crippen molar-refractivity contribution < 1.29 is 28.8 Å². The Morgan fingerprint density at radius 2 is 1.63 bits per heavy atom. The summed E-state index contributed by atoms with van der Waals surface area (Å²) in [6.45, 7) is 5.51. The Balaban J connectivity index is 2.79. The highest BCUT2D eigenvalue weighted by Gasteiger charge is 2.38. The molecule has 0 saturated heterocycles. The maximum atomic E-state index is 13.0. The molecule has 0 radical (unpaired) electrons. The predicted molar refractivity (Wildman–Crippen MR) is 130 cm³/mol. The summed E-state index contributed by atoms with van der Waals surface area (Å²) in [7, 11) is 0. The van der Waals surface area contributed by atoms with E-state index in [2.05, 4.69) is 10.6 Å². The number of benzene rings is 1. The van der Waals surface area contributed by atoms with E-state index in [1.54, 1.807) is 13.8 Å². The number of nitrogens with zero attached hydrogens (tertiary/aromatic N) is 1. The first-order valence-corrected chi connectivity index (χ1v) is 11.8. The third-order valence-corrected chi connectivity index (χ3v) is 5.33. The molecular weight excluding hydrogens is 476 g/mol. The maximum absolute atomic E-state index is 13.0. The van der Waals surface area contributed by atoms with E-state index in [9.17, 15) is 28.8 Å². The number of nitrogens with two attached hydrogens (primary N) is 1. The Kier molecular flexibility index (Phi) is 12.2. The summed E-state index contributed by atoms with van der Waals surface area (Å²) >= 11 is 5.49. The van der Waals surface area contributed by atoms with Gasteiger partial charge in [0, 0.05) is 6.92 Å². The number of hydrogen-bond donors (Lipinski definition) is 3. The molecule has 0 aromatic heterocycles. The van der Waals surface area contributed by atoms with Gasteiger partial charge in [0.2, 0.25) is 29.3 Å². The molecule has 35 heavy (non-hydrogen) atoms. The van der Waals surface area contributed by atoms with Crippen molar-refractivity contribution in [2.75, 3.05) is 12.4 Å². The number of halogens is 1. The molecular formula is C24H33ClN4O6. The third kappa shape index (κ3) is 9.58. The quantitative estimate of drug-likeness (QED) is 0.256. The highest BCUT2D eigenvalue weighted by molar-refractivity contribution is 6.48. The summed E-state index contributed by atoms with van der Waals surface area (Å²) in [4.78, 5) is 74.9. The largest absolute Gasteiger partial charge is 0.346 e. The van der Waals surface area contributed by atoms with E-state index >= 15 is 0 Å². The third-order valence-electron chi connectivity index (χ3n) is 5.09. The van der Waals surface area contributed by atoms with E-state index < -0.39 is 65.7 Å². The van der Waals surface area contributed by atoms with Gasteiger partial charge in [0.05, 0.1) is 18.5 Å². The molecule has 192 valence electrons. The molecule has 0 unspecified atom stereocenters. The number of rotatable bonds is 13. The Hall–Kier alpha value is -3.11. The van der Waals surface area contributed by atoms with E-state index in [0.29, 0.717) is 4.90 Å². The number of nitrogens with one attached hydrogen (secondary N) is 2. The van der Waals surface area contributed by atoms with Crippen molar-refractivity contribution in [3.05, 3.63) is 35.9 Å². The van der Waals surface area contributed by atoms with Crippen LogP contribution >= 0.6 is 11.6 Å². The minimum Gasteiger partial charge on any atom is -0.346 e. The lowest BCUT2D eigenvalue weighted by Crippen LogP contribution is -2.57. The van der Waals surface area contributed by atoms with E-state index in [1.807, 2.05) is 30.3 Å². The summed E-state index contributed by atoms with van der Waals surface area (Å²) in [6.07, 6.45) is 0.339. The normalized spacial score (nSPS) is 13.3. The van der Waals surface area contributed by atoms with Crippen LogP contribution in [0.3, 0.4) is 0 Å². The van der Waals surface area contributed by atoms with Gasteiger partial charge >= 0.3 is 0 Å². The van der Waals surface area contributed by atoms with Crippen LogP contribution in [0, 0.1) is 5.92 Å². The van der Waals surface area contributed by atoms with Gasteiger partial charge in [-0.15, -0.1) is 11.6 Å². The molecule has 0 aliphatic carbocycles. The minimum atomic E-state index is -1.33. The van der Waals surface area contributed by atoms with Crippen LogP contribution in [0.4, 0.5) is 0 Å². The minimum absolute atomic E-state index is 0.0583. The van der Waals surface area contributed by atoms with Crippen LogP contribution in [0.2, 0.25) is 0 Å². The van der Waals surface area contributed by atoms with Crippen LogP contribution in [0.5, 0.6) is 0 Å². The monoisotopic (exact) mass is 508 g/mol. The van der Waals surface area contributed by atoms with E-state index in [-0.39, 0.29) is 18.8 Å². The van der Waals surface area contributed by atoms with Crippen molar-refractivity contribution in [3.8, 4) is 0 Å². The Morgan fingerprint density at radius 3 is 2.14 bits per heavy atom. The lowest BCUT2D eigenvalue weighted by atomic mass is 9.96. The van der Waals surface area contributed by atoms with Gasteiger partial charge in [-0.25, -0.2) is 0 Å². The number of hydrogen-bond acceptors (Lipinski definition) is 7. The van der Waals surface area contributed by atoms with Crippen LogP contribution in [0.25, 0.3) is 0 Å². The number of ketones is 2. The van der Waals surface area contributed by atoms with Gasteiger partial charge < -0.3 is 16.4 Å². The van der Waals surface area contributed by atoms with Crippen LogP contribution in [-0.2, 0) is 35.2 Å². The lowest BCUT2D eigenvalue weighted by Gasteiger charge is -2.31. The standard InChI is InChI=1S/C24H33ClN4O6/c1-14(2)10-19(22(33)20(31)12-25)29(16(4)30)24(35)15(3)28-21(32)13-27-23(34)18(26)11-17-8-6-5-7-9-17/h5-9,14-15,18-19H,10-13,26H2,1-4H3,(H,27,34)(H,28,32)/t15-,18-,19-/m0/s1. The zero-order valence-corrected chi connectivity index (χ0v) is 21.1. The van der Waals surface area contributed by atoms with Gasteiger partial charge in [-0.3, -0.25) is 33.7 Å². The van der Waals surface area contributed by atoms with Gasteiger partial charge in [0.1, 0.15) is 12.1 Å². The summed E-state index contributed by atoms with van der Waals surface area (Å²) in [5.74, 6) is -5.42. The fraction of sp³-hybridized carbons (Fsp3) is 0.500. The molecule has 0 fully saturated rings. The SMILES string of the molecule is CC(=O)N(C(=O)[C@H](C)NC(=O)CNC(=O)[C@@H](N)Cc1ccccc1)[C@@H](CC(C)C)C(=O)C(=O)CCl. The van der Waals surface area contributed by atoms with E-state index in [0.717, 1.165) is 12.5 Å². The molecule has 1 rings (SSSR count). The fourth-order valence-electron chi connectivity index (χ4n) is 3.38. The van der Waals surface area contributed by atoms with Crippen molar-refractivity contribution in [2.24, 2.45) is 11.7 Å². The first-order chi connectivity index (χ1) is 16.4. The molecule has 3 atom stereocenters. The maximum Gasteiger partial charge on any atom is 0.252 e. The van der Waals surface area contributed by atoms with Crippen LogP contribution in [-0.4, -0.2) is 70.6 Å². The topological polar surface area (TPSA) is 156 Å². The van der Waals surface area contributed by atoms with Gasteiger partial charge in [-0.1, -0.05) is 44.2 Å². The molecule has 0 aliphatic rings. The first kappa shape index (κ1) is 29.9. The Bertz CT molecular complexity index is 937. The van der Waals surface area contributed by atoms with Crippen LogP contribution < -0.4 is 16.4 Å². The van der Waals surface area contributed by atoms with E-state index in [1.165, 1.54) is 6.92 Å². The summed E-state index contributed by atoms with van der Waals surface area (Å²) in [6, 6.07) is 5.71. The molecule has 1 aromatic carbocycles. The van der Waals surface area contributed by atoms with Gasteiger partial charge in [0.25, 0.3) is 5.91 Å². The van der Waals surface area contributed by atoms with E-state index in [4.69, 9.17) is 17.3 Å². The van der Waals surface area contributed by atoms with Crippen molar-refractivity contribution in [1.29, 1.82) is 0 Å². The molecule has 0 saturated carbocycles. The molecule has 0 aliphatic heterocycles. The Morgan fingerprint density at radius 1 is 1.03 bits per heavy atom. The average molecular weight is 509 g/mol. The molecule has 0 heterocycles. The van der Waals surface area contributed by atoms with Gasteiger partial charge in [-0.2, -0.15) is 0 Å². The lowest BCUT2D eigenvalue weighted by molar-refractivity contribution is -0.153. The number of imide groups is 1. The zero-order valence-electron chi connectivity index (χ0n) is 20.4. The number of Topliss-reactive ketones (excluding diaryl/α,β-unsaturated/α-hetero) is 2. The molecule has 11 heteroatoms. The number of amides is 4. The second-order valence-corrected chi connectivity index (χ2v) is 8.86. The highest BCUT2D eigenvalue weighted by Crippen LogP contribution is 2.16. The molecule has 4 N–H and O–H groups in total. The molecule has 10 nitrogen and oxygen atoms in total. The van der Waals surface area contributed by atoms with Crippen molar-refractivity contribution in [2.45, 2.75) is 58.7 Å². The molecule has 4 amide bonds. The summed E-state index contributed by atoms with van der Waals surface area (Å²) in [5, 5.41) is 4.80. The van der Waals surface area contributed by atoms with Crippen LogP contribution in [0.15, 0.2) is 30.3 Å². The second kappa shape index (κ2) is 14.3. The van der Waals surface area contributed by atoms with Crippen LogP contribution in [0.1, 0.15) is 39.7 Å². The molecule has 0 bridgehead atoms. The predicted octanol–water partition coefficient (Wildman–Crippen LogP) is 0.344. The zero-order chi connectivity index (χ0) is 26.7. The number of carbonyl (C=O) groups is 6. The number of alkyl halides is 1. The highest BCUT2D eigenvalue weighted by atomic mass is 35.5. The van der Waals surface area contributed by atoms with Crippen molar-refractivity contribution in [1.82, 2.24) is 15.5 Å².